The van der Waals surface area contributed by atoms with Crippen LogP contribution >= 0.6 is 58.2 Å². The summed E-state index contributed by atoms with van der Waals surface area (Å²) in [7, 11) is 0. The second-order valence-corrected chi connectivity index (χ2v) is 10.3. The summed E-state index contributed by atoms with van der Waals surface area (Å²) in [6.45, 7) is 7.40. The molecule has 7 heteroatoms. The minimum atomic E-state index is 0.144. The summed E-state index contributed by atoms with van der Waals surface area (Å²) in [5.74, 6) is 1.93. The summed E-state index contributed by atoms with van der Waals surface area (Å²) in [5.41, 5.74) is 1.51. The molecule has 0 aromatic heterocycles. The van der Waals surface area contributed by atoms with Gasteiger partial charge in [0.2, 0.25) is 0 Å². The molecule has 0 unspecified atom stereocenters. The maximum absolute atomic E-state index is 6.27. The molecule has 2 nitrogen and oxygen atoms in total. The molecular formula is C22H24Cl4O2S. The van der Waals surface area contributed by atoms with E-state index in [2.05, 4.69) is 45.0 Å². The summed E-state index contributed by atoms with van der Waals surface area (Å²) in [6, 6.07) is 12.0. The first kappa shape index (κ1) is 24.6. The Morgan fingerprint density at radius 3 is 2.17 bits per heavy atom. The van der Waals surface area contributed by atoms with Gasteiger partial charge in [0, 0.05) is 22.8 Å². The van der Waals surface area contributed by atoms with Crippen molar-refractivity contribution in [2.75, 3.05) is 19.0 Å². The number of rotatable bonds is 9. The first-order chi connectivity index (χ1) is 13.7. The van der Waals surface area contributed by atoms with Crippen LogP contribution in [-0.4, -0.2) is 19.0 Å². The average Bonchev–Trinajstić information content (AvgIpc) is 2.62. The van der Waals surface area contributed by atoms with Gasteiger partial charge < -0.3 is 9.47 Å². The van der Waals surface area contributed by atoms with Crippen molar-refractivity contribution in [3.05, 3.63) is 62.6 Å². The Labute approximate surface area is 197 Å². The van der Waals surface area contributed by atoms with Crippen LogP contribution in [0.25, 0.3) is 0 Å². The minimum Gasteiger partial charge on any atom is -0.490 e. The largest absolute Gasteiger partial charge is 0.490 e. The normalized spacial score (nSPS) is 11.3. The van der Waals surface area contributed by atoms with Crippen molar-refractivity contribution in [3.8, 4) is 11.5 Å². The van der Waals surface area contributed by atoms with E-state index in [9.17, 15) is 0 Å². The first-order valence-corrected chi connectivity index (χ1v) is 11.7. The Bertz CT molecular complexity index is 803. The molecular weight excluding hydrogens is 470 g/mol. The van der Waals surface area contributed by atoms with Crippen molar-refractivity contribution in [2.24, 2.45) is 0 Å². The van der Waals surface area contributed by atoms with Crippen molar-refractivity contribution in [1.82, 2.24) is 0 Å². The molecule has 0 N–H and O–H groups in total. The Balaban J connectivity index is 1.79. The lowest BCUT2D eigenvalue weighted by Gasteiger charge is -2.19. The molecule has 158 valence electrons. The summed E-state index contributed by atoms with van der Waals surface area (Å²) < 4.78 is 11.4. The lowest BCUT2D eigenvalue weighted by Crippen LogP contribution is -2.10. The monoisotopic (exact) mass is 492 g/mol. The van der Waals surface area contributed by atoms with Gasteiger partial charge in [0.1, 0.15) is 16.8 Å². The Morgan fingerprint density at radius 1 is 1.00 bits per heavy atom. The van der Waals surface area contributed by atoms with E-state index in [4.69, 9.17) is 55.9 Å². The van der Waals surface area contributed by atoms with Crippen LogP contribution in [0.2, 0.25) is 10.0 Å². The van der Waals surface area contributed by atoms with E-state index in [-0.39, 0.29) is 16.5 Å². The molecule has 0 radical (unpaired) electrons. The zero-order valence-electron chi connectivity index (χ0n) is 16.6. The van der Waals surface area contributed by atoms with Gasteiger partial charge in [-0.1, -0.05) is 79.3 Å². The second kappa shape index (κ2) is 11.6. The van der Waals surface area contributed by atoms with Crippen molar-refractivity contribution in [2.45, 2.75) is 37.5 Å². The van der Waals surface area contributed by atoms with Crippen molar-refractivity contribution in [1.29, 1.82) is 0 Å². The molecule has 2 aromatic carbocycles. The Hall–Kier alpha value is -0.710. The molecule has 0 atom stereocenters. The predicted molar refractivity (Wildman–Crippen MR) is 128 cm³/mol. The zero-order valence-corrected chi connectivity index (χ0v) is 20.4. The Morgan fingerprint density at radius 2 is 1.62 bits per heavy atom. The van der Waals surface area contributed by atoms with Crippen LogP contribution in [0, 0.1) is 0 Å². The highest BCUT2D eigenvalue weighted by Gasteiger charge is 2.13. The smallest absolute Gasteiger partial charge is 0.156 e. The third-order valence-electron chi connectivity index (χ3n) is 3.98. The summed E-state index contributed by atoms with van der Waals surface area (Å²) >= 11 is 25.5. The van der Waals surface area contributed by atoms with Gasteiger partial charge in [-0.25, -0.2) is 0 Å². The molecule has 0 heterocycles. The third kappa shape index (κ3) is 8.51. The fourth-order valence-corrected chi connectivity index (χ4v) is 3.96. The van der Waals surface area contributed by atoms with Gasteiger partial charge in [-0.3, -0.25) is 0 Å². The molecule has 2 rings (SSSR count). The molecule has 0 aliphatic heterocycles. The van der Waals surface area contributed by atoms with Gasteiger partial charge in [0.25, 0.3) is 0 Å². The highest BCUT2D eigenvalue weighted by molar-refractivity contribution is 7.99. The molecule has 0 bridgehead atoms. The minimum absolute atomic E-state index is 0.144. The van der Waals surface area contributed by atoms with E-state index >= 15 is 0 Å². The third-order valence-corrected chi connectivity index (χ3v) is 5.95. The lowest BCUT2D eigenvalue weighted by atomic mass is 9.87. The van der Waals surface area contributed by atoms with Crippen LogP contribution in [0.1, 0.15) is 32.8 Å². The number of thioether (sulfide) groups is 1. The van der Waals surface area contributed by atoms with E-state index in [0.29, 0.717) is 28.2 Å². The van der Waals surface area contributed by atoms with Gasteiger partial charge in [-0.2, -0.15) is 0 Å². The van der Waals surface area contributed by atoms with Gasteiger partial charge in [-0.05, 0) is 35.6 Å². The number of hydrogen-bond donors (Lipinski definition) is 0. The quantitative estimate of drug-likeness (QED) is 0.257. The van der Waals surface area contributed by atoms with Crippen LogP contribution in [0.4, 0.5) is 0 Å². The van der Waals surface area contributed by atoms with Gasteiger partial charge in [0.15, 0.2) is 5.75 Å². The fraction of sp³-hybridized carbons (Fsp3) is 0.364. The Kier molecular flexibility index (Phi) is 9.84. The SMILES string of the molecule is CC(C)(C)c1ccc(SCCCOc2c(Cl)cc(OCC=C(Cl)Cl)cc2Cl)cc1. The van der Waals surface area contributed by atoms with Crippen LogP contribution < -0.4 is 9.47 Å². The van der Waals surface area contributed by atoms with Crippen molar-refractivity contribution in [3.63, 3.8) is 0 Å². The number of benzene rings is 2. The molecule has 0 saturated carbocycles. The topological polar surface area (TPSA) is 18.5 Å². The maximum atomic E-state index is 6.27. The second-order valence-electron chi connectivity index (χ2n) is 7.35. The molecule has 0 aliphatic rings. The van der Waals surface area contributed by atoms with Crippen molar-refractivity contribution >= 4 is 58.2 Å². The van der Waals surface area contributed by atoms with E-state index in [1.54, 1.807) is 23.9 Å². The van der Waals surface area contributed by atoms with Gasteiger partial charge in [-0.15, -0.1) is 11.8 Å². The summed E-state index contributed by atoms with van der Waals surface area (Å²) in [6.07, 6.45) is 2.40. The summed E-state index contributed by atoms with van der Waals surface area (Å²) in [5, 5.41) is 0.803. The highest BCUT2D eigenvalue weighted by atomic mass is 35.5. The molecule has 0 saturated heterocycles. The zero-order chi connectivity index (χ0) is 21.4. The molecule has 29 heavy (non-hydrogen) atoms. The maximum Gasteiger partial charge on any atom is 0.156 e. The van der Waals surface area contributed by atoms with Crippen molar-refractivity contribution < 1.29 is 9.47 Å². The van der Waals surface area contributed by atoms with Crippen LogP contribution in [0.3, 0.4) is 0 Å². The molecule has 2 aromatic rings. The molecule has 0 amide bonds. The van der Waals surface area contributed by atoms with Crippen LogP contribution in [-0.2, 0) is 5.41 Å². The molecule has 0 spiro atoms. The number of hydrogen-bond acceptors (Lipinski definition) is 3. The van der Waals surface area contributed by atoms with Crippen LogP contribution in [0.15, 0.2) is 51.9 Å². The van der Waals surface area contributed by atoms with Crippen LogP contribution in [0.5, 0.6) is 11.5 Å². The van der Waals surface area contributed by atoms with Gasteiger partial charge in [0.05, 0.1) is 16.7 Å². The molecule has 0 fully saturated rings. The standard InChI is InChI=1S/C22H24Cl4O2S/c1-22(2,3)15-5-7-17(8-6-15)29-12-4-10-28-21-18(23)13-16(14-19(21)24)27-11-9-20(25)26/h5-9,13-14H,4,10-12H2,1-3H3. The summed E-state index contributed by atoms with van der Waals surface area (Å²) in [4.78, 5) is 1.25. The van der Waals surface area contributed by atoms with E-state index in [1.807, 2.05) is 0 Å². The fourth-order valence-electron chi connectivity index (χ4n) is 2.43. The van der Waals surface area contributed by atoms with E-state index in [0.717, 1.165) is 12.2 Å². The number of halogens is 4. The van der Waals surface area contributed by atoms with Gasteiger partial charge >= 0.3 is 0 Å². The number of ether oxygens (including phenoxy) is 2. The highest BCUT2D eigenvalue weighted by Crippen LogP contribution is 2.37. The van der Waals surface area contributed by atoms with E-state index < -0.39 is 0 Å². The first-order valence-electron chi connectivity index (χ1n) is 9.16. The molecule has 0 aliphatic carbocycles. The lowest BCUT2D eigenvalue weighted by molar-refractivity contribution is 0.317. The van der Waals surface area contributed by atoms with E-state index in [1.165, 1.54) is 16.5 Å². The average molecular weight is 494 g/mol. The predicted octanol–water partition coefficient (Wildman–Crippen LogP) is 8.55.